The Balaban J connectivity index is 2.48. The van der Waals surface area contributed by atoms with Gasteiger partial charge in [0, 0.05) is 6.04 Å². The Labute approximate surface area is 101 Å². The molecule has 0 spiro atoms. The van der Waals surface area contributed by atoms with E-state index in [4.69, 9.17) is 5.73 Å². The van der Waals surface area contributed by atoms with Crippen LogP contribution in [0.5, 0.6) is 0 Å². The van der Waals surface area contributed by atoms with E-state index in [1.165, 1.54) is 12.1 Å². The number of anilines is 2. The molecule has 4 heteroatoms. The van der Waals surface area contributed by atoms with Crippen LogP contribution in [-0.2, 0) is 0 Å². The summed E-state index contributed by atoms with van der Waals surface area (Å²) >= 11 is 1.91. The number of rotatable bonds is 6. The predicted octanol–water partition coefficient (Wildman–Crippen LogP) is 3.35. The van der Waals surface area contributed by atoms with Crippen LogP contribution >= 0.6 is 11.8 Å². The van der Waals surface area contributed by atoms with Crippen molar-refractivity contribution in [1.29, 1.82) is 0 Å². The number of thioether (sulfide) groups is 1. The van der Waals surface area contributed by atoms with Gasteiger partial charge in [-0.25, -0.2) is 4.39 Å². The van der Waals surface area contributed by atoms with Crippen LogP contribution in [0.2, 0.25) is 0 Å². The van der Waals surface area contributed by atoms with Crippen molar-refractivity contribution in [1.82, 2.24) is 0 Å². The summed E-state index contributed by atoms with van der Waals surface area (Å²) in [4.78, 5) is 0. The van der Waals surface area contributed by atoms with E-state index < -0.39 is 0 Å². The first-order chi connectivity index (χ1) is 7.63. The molecule has 0 bridgehead atoms. The third-order valence-electron chi connectivity index (χ3n) is 2.32. The highest BCUT2D eigenvalue weighted by Crippen LogP contribution is 2.21. The van der Waals surface area contributed by atoms with Crippen LogP contribution in [-0.4, -0.2) is 17.5 Å². The number of nitrogen functional groups attached to an aromatic ring is 1. The molecule has 0 aliphatic heterocycles. The first kappa shape index (κ1) is 13.2. The van der Waals surface area contributed by atoms with Crippen LogP contribution in [0, 0.1) is 5.82 Å². The lowest BCUT2D eigenvalue weighted by Gasteiger charge is -2.16. The Kier molecular flexibility index (Phi) is 5.46. The second-order valence-electron chi connectivity index (χ2n) is 3.76. The van der Waals surface area contributed by atoms with Gasteiger partial charge in [0.1, 0.15) is 5.82 Å². The Hall–Kier alpha value is -0.900. The third kappa shape index (κ3) is 4.31. The molecule has 0 aromatic heterocycles. The third-order valence-corrected chi connectivity index (χ3v) is 3.25. The number of hydrogen-bond acceptors (Lipinski definition) is 3. The van der Waals surface area contributed by atoms with Crippen molar-refractivity contribution >= 4 is 23.1 Å². The average molecular weight is 242 g/mol. The summed E-state index contributed by atoms with van der Waals surface area (Å²) in [5.74, 6) is 1.99. The van der Waals surface area contributed by atoms with Gasteiger partial charge in [0.15, 0.2) is 0 Å². The number of nitrogens with one attached hydrogen (secondary N) is 1. The molecular weight excluding hydrogens is 223 g/mol. The molecule has 0 fully saturated rings. The molecule has 0 heterocycles. The van der Waals surface area contributed by atoms with E-state index in [1.54, 1.807) is 6.07 Å². The number of nitrogens with two attached hydrogens (primary N) is 1. The van der Waals surface area contributed by atoms with Crippen LogP contribution in [0.25, 0.3) is 0 Å². The quantitative estimate of drug-likeness (QED) is 0.593. The van der Waals surface area contributed by atoms with E-state index in [1.807, 2.05) is 11.8 Å². The molecule has 1 atom stereocenters. The molecule has 3 N–H and O–H groups in total. The predicted molar refractivity (Wildman–Crippen MR) is 71.5 cm³/mol. The Morgan fingerprint density at radius 3 is 2.94 bits per heavy atom. The van der Waals surface area contributed by atoms with Crippen molar-refractivity contribution in [2.45, 2.75) is 26.3 Å². The number of benzene rings is 1. The molecule has 0 aliphatic carbocycles. The number of hydrogen-bond donors (Lipinski definition) is 2. The summed E-state index contributed by atoms with van der Waals surface area (Å²) in [7, 11) is 0. The first-order valence-corrected chi connectivity index (χ1v) is 6.68. The normalized spacial score (nSPS) is 12.4. The Morgan fingerprint density at radius 1 is 1.50 bits per heavy atom. The molecule has 1 aromatic carbocycles. The van der Waals surface area contributed by atoms with Crippen molar-refractivity contribution in [3.63, 3.8) is 0 Å². The maximum Gasteiger partial charge on any atom is 0.125 e. The van der Waals surface area contributed by atoms with Crippen molar-refractivity contribution in [3.8, 4) is 0 Å². The zero-order valence-electron chi connectivity index (χ0n) is 9.79. The minimum Gasteiger partial charge on any atom is -0.397 e. The van der Waals surface area contributed by atoms with Crippen LogP contribution in [0.1, 0.15) is 20.3 Å². The zero-order valence-corrected chi connectivity index (χ0v) is 10.6. The molecule has 0 radical (unpaired) electrons. The fraction of sp³-hybridized carbons (Fsp3) is 0.500. The van der Waals surface area contributed by atoms with E-state index >= 15 is 0 Å². The van der Waals surface area contributed by atoms with Crippen LogP contribution in [0.15, 0.2) is 18.2 Å². The molecule has 1 rings (SSSR count). The van der Waals surface area contributed by atoms with Crippen LogP contribution < -0.4 is 11.1 Å². The molecule has 90 valence electrons. The molecule has 0 saturated heterocycles. The van der Waals surface area contributed by atoms with E-state index in [0.29, 0.717) is 17.4 Å². The molecular formula is C12H19FN2S. The molecule has 0 aliphatic rings. The van der Waals surface area contributed by atoms with Gasteiger partial charge in [-0.15, -0.1) is 0 Å². The fourth-order valence-corrected chi connectivity index (χ4v) is 2.20. The zero-order chi connectivity index (χ0) is 12.0. The summed E-state index contributed by atoms with van der Waals surface area (Å²) in [5, 5.41) is 3.23. The molecule has 1 unspecified atom stereocenters. The van der Waals surface area contributed by atoms with Crippen molar-refractivity contribution < 1.29 is 4.39 Å². The van der Waals surface area contributed by atoms with Crippen molar-refractivity contribution in [2.75, 3.05) is 22.6 Å². The van der Waals surface area contributed by atoms with Gasteiger partial charge in [0.2, 0.25) is 0 Å². The van der Waals surface area contributed by atoms with Gasteiger partial charge >= 0.3 is 0 Å². The smallest absolute Gasteiger partial charge is 0.125 e. The van der Waals surface area contributed by atoms with Crippen molar-refractivity contribution in [2.24, 2.45) is 0 Å². The minimum atomic E-state index is -0.258. The highest BCUT2D eigenvalue weighted by molar-refractivity contribution is 7.99. The lowest BCUT2D eigenvalue weighted by molar-refractivity contribution is 0.628. The van der Waals surface area contributed by atoms with Crippen LogP contribution in [0.4, 0.5) is 15.8 Å². The van der Waals surface area contributed by atoms with Gasteiger partial charge in [0.25, 0.3) is 0 Å². The topological polar surface area (TPSA) is 38.0 Å². The summed E-state index contributed by atoms with van der Waals surface area (Å²) in [6, 6.07) is 4.71. The summed E-state index contributed by atoms with van der Waals surface area (Å²) < 4.78 is 13.0. The monoisotopic (exact) mass is 242 g/mol. The van der Waals surface area contributed by atoms with Gasteiger partial charge in [-0.2, -0.15) is 11.8 Å². The van der Waals surface area contributed by atoms with E-state index in [9.17, 15) is 4.39 Å². The second-order valence-corrected chi connectivity index (χ2v) is 5.16. The molecule has 16 heavy (non-hydrogen) atoms. The Morgan fingerprint density at radius 2 is 2.25 bits per heavy atom. The van der Waals surface area contributed by atoms with Gasteiger partial charge in [-0.05, 0) is 43.0 Å². The van der Waals surface area contributed by atoms with Crippen molar-refractivity contribution in [3.05, 3.63) is 24.0 Å². The van der Waals surface area contributed by atoms with Crippen LogP contribution in [0.3, 0.4) is 0 Å². The largest absolute Gasteiger partial charge is 0.397 e. The lowest BCUT2D eigenvalue weighted by atomic mass is 10.2. The average Bonchev–Trinajstić information content (AvgIpc) is 2.24. The van der Waals surface area contributed by atoms with E-state index in [-0.39, 0.29) is 5.82 Å². The maximum absolute atomic E-state index is 13.0. The minimum absolute atomic E-state index is 0.258. The number of halogens is 1. The SMILES string of the molecule is CCSCCC(C)Nc1cc(F)ccc1N. The molecule has 0 amide bonds. The first-order valence-electron chi connectivity index (χ1n) is 5.52. The van der Waals surface area contributed by atoms with E-state index in [0.717, 1.165) is 17.9 Å². The summed E-state index contributed by atoms with van der Waals surface area (Å²) in [6.07, 6.45) is 1.05. The second kappa shape index (κ2) is 6.63. The van der Waals surface area contributed by atoms with Gasteiger partial charge in [-0.1, -0.05) is 6.92 Å². The molecule has 2 nitrogen and oxygen atoms in total. The van der Waals surface area contributed by atoms with Gasteiger partial charge < -0.3 is 11.1 Å². The van der Waals surface area contributed by atoms with Gasteiger partial charge in [-0.3, -0.25) is 0 Å². The standard InChI is InChI=1S/C12H19FN2S/c1-3-16-7-6-9(2)15-12-8-10(13)4-5-11(12)14/h4-5,8-9,15H,3,6-7,14H2,1-2H3. The fourth-order valence-electron chi connectivity index (χ4n) is 1.40. The Bertz CT molecular complexity index is 331. The summed E-state index contributed by atoms with van der Waals surface area (Å²) in [6.45, 7) is 4.23. The lowest BCUT2D eigenvalue weighted by Crippen LogP contribution is -2.17. The maximum atomic E-state index is 13.0. The van der Waals surface area contributed by atoms with E-state index in [2.05, 4.69) is 19.2 Å². The summed E-state index contributed by atoms with van der Waals surface area (Å²) in [5.41, 5.74) is 7.04. The highest BCUT2D eigenvalue weighted by atomic mass is 32.2. The van der Waals surface area contributed by atoms with Gasteiger partial charge in [0.05, 0.1) is 11.4 Å². The highest BCUT2D eigenvalue weighted by Gasteiger charge is 2.05. The molecule has 1 aromatic rings. The molecule has 0 saturated carbocycles.